The molecule has 1 atom stereocenters. The molecule has 7 nitrogen and oxygen atoms in total. The van der Waals surface area contributed by atoms with Crippen molar-refractivity contribution in [1.82, 2.24) is 5.32 Å². The molecule has 0 aromatic heterocycles. The molecule has 7 heteroatoms. The lowest BCUT2D eigenvalue weighted by Gasteiger charge is -2.32. The van der Waals surface area contributed by atoms with Crippen molar-refractivity contribution >= 4 is 11.7 Å². The normalized spacial score (nSPS) is 14.1. The lowest BCUT2D eigenvalue weighted by molar-refractivity contribution is -0.124. The second-order valence-electron chi connectivity index (χ2n) is 14.2. The molecule has 0 aromatic carbocycles. The highest BCUT2D eigenvalue weighted by molar-refractivity contribution is 5.76. The van der Waals surface area contributed by atoms with Crippen molar-refractivity contribution in [3.8, 4) is 0 Å². The zero-order valence-corrected chi connectivity index (χ0v) is 27.6. The van der Waals surface area contributed by atoms with Crippen LogP contribution in [-0.2, 0) is 28.5 Å². The van der Waals surface area contributed by atoms with Crippen LogP contribution in [0.4, 0.5) is 0 Å². The first-order valence-electron chi connectivity index (χ1n) is 15.1. The third kappa shape index (κ3) is 22.4. The SMILES string of the molecule is CC(=O)CCC(C)(C)OCCC(C)(C)OCC(C)COC(C)(C)CCOC(C)(C)CCC(=O)NCCC(C)C. The number of nitrogens with one attached hydrogen (secondary N) is 1. The Hall–Kier alpha value is -1.02. The number of hydrogen-bond donors (Lipinski definition) is 1. The largest absolute Gasteiger partial charge is 0.375 e. The van der Waals surface area contributed by atoms with Gasteiger partial charge in [-0.3, -0.25) is 4.79 Å². The lowest BCUT2D eigenvalue weighted by atomic mass is 10.0. The van der Waals surface area contributed by atoms with Gasteiger partial charge in [0.1, 0.15) is 5.78 Å². The van der Waals surface area contributed by atoms with Crippen molar-refractivity contribution in [2.24, 2.45) is 11.8 Å². The first-order chi connectivity index (χ1) is 17.7. The van der Waals surface area contributed by atoms with Gasteiger partial charge in [-0.2, -0.15) is 0 Å². The van der Waals surface area contributed by atoms with E-state index < -0.39 is 0 Å². The summed E-state index contributed by atoms with van der Waals surface area (Å²) in [5, 5.41) is 3.00. The monoisotopic (exact) mass is 557 g/mol. The topological polar surface area (TPSA) is 83.1 Å². The van der Waals surface area contributed by atoms with Gasteiger partial charge in [0.15, 0.2) is 0 Å². The average molecular weight is 558 g/mol. The smallest absolute Gasteiger partial charge is 0.220 e. The standard InChI is InChI=1S/C32H63NO6/c1-25(2)15-20-33-28(35)14-17-30(7,8)37-22-19-32(11,12)39-24-26(3)23-38-31(9,10)18-21-36-29(5,6)16-13-27(4)34/h25-26H,13-24H2,1-12H3,(H,33,35). The van der Waals surface area contributed by atoms with Crippen molar-refractivity contribution < 1.29 is 28.5 Å². The van der Waals surface area contributed by atoms with Crippen LogP contribution in [0.1, 0.15) is 128 Å². The summed E-state index contributed by atoms with van der Waals surface area (Å²) in [6, 6.07) is 0. The van der Waals surface area contributed by atoms with Gasteiger partial charge in [0.25, 0.3) is 0 Å². The molecular formula is C32H63NO6. The fraction of sp³-hybridized carbons (Fsp3) is 0.938. The van der Waals surface area contributed by atoms with Crippen molar-refractivity contribution in [1.29, 1.82) is 0 Å². The molecule has 0 aliphatic carbocycles. The summed E-state index contributed by atoms with van der Waals surface area (Å²) in [5.41, 5.74) is -1.28. The van der Waals surface area contributed by atoms with E-state index in [2.05, 4.69) is 53.8 Å². The number of hydrogen-bond acceptors (Lipinski definition) is 6. The summed E-state index contributed by atoms with van der Waals surface area (Å²) in [4.78, 5) is 23.4. The van der Waals surface area contributed by atoms with E-state index in [4.69, 9.17) is 18.9 Å². The molecule has 232 valence electrons. The minimum atomic E-state index is -0.357. The van der Waals surface area contributed by atoms with Crippen molar-refractivity contribution in [2.75, 3.05) is 33.0 Å². The molecule has 0 spiro atoms. The molecule has 0 fully saturated rings. The van der Waals surface area contributed by atoms with Crippen LogP contribution in [0, 0.1) is 11.8 Å². The molecule has 0 rings (SSSR count). The number of amides is 1. The summed E-state index contributed by atoms with van der Waals surface area (Å²) in [6.45, 7) is 27.7. The van der Waals surface area contributed by atoms with E-state index in [1.807, 2.05) is 27.7 Å². The number of Topliss-reactive ketones (excluding diaryl/α,β-unsaturated/α-hetero) is 1. The van der Waals surface area contributed by atoms with Crippen LogP contribution in [0.25, 0.3) is 0 Å². The van der Waals surface area contributed by atoms with Crippen LogP contribution in [0.5, 0.6) is 0 Å². The highest BCUT2D eigenvalue weighted by Gasteiger charge is 2.26. The van der Waals surface area contributed by atoms with Gasteiger partial charge in [0.2, 0.25) is 5.91 Å². The molecule has 0 heterocycles. The van der Waals surface area contributed by atoms with E-state index in [-0.39, 0.29) is 40.0 Å². The number of carbonyl (C=O) groups excluding carboxylic acids is 2. The lowest BCUT2D eigenvalue weighted by Crippen LogP contribution is -2.35. The van der Waals surface area contributed by atoms with Crippen LogP contribution in [0.3, 0.4) is 0 Å². The second-order valence-corrected chi connectivity index (χ2v) is 14.2. The predicted molar refractivity (Wildman–Crippen MR) is 160 cm³/mol. The minimum absolute atomic E-state index is 0.0939. The quantitative estimate of drug-likeness (QED) is 0.147. The number of ether oxygens (including phenoxy) is 4. The van der Waals surface area contributed by atoms with Gasteiger partial charge in [-0.05, 0) is 100 Å². The molecule has 1 amide bonds. The van der Waals surface area contributed by atoms with Crippen LogP contribution >= 0.6 is 0 Å². The van der Waals surface area contributed by atoms with Crippen LogP contribution in [0.15, 0.2) is 0 Å². The molecule has 0 aliphatic rings. The number of rotatable bonds is 23. The van der Waals surface area contributed by atoms with Crippen molar-refractivity contribution in [3.05, 3.63) is 0 Å². The van der Waals surface area contributed by atoms with Crippen LogP contribution < -0.4 is 5.32 Å². The Labute approximate surface area is 240 Å². The van der Waals surface area contributed by atoms with E-state index >= 15 is 0 Å². The van der Waals surface area contributed by atoms with E-state index in [1.54, 1.807) is 6.92 Å². The third-order valence-electron chi connectivity index (χ3n) is 6.99. The summed E-state index contributed by atoms with van der Waals surface area (Å²) < 4.78 is 24.6. The highest BCUT2D eigenvalue weighted by atomic mass is 16.5. The fourth-order valence-corrected chi connectivity index (χ4v) is 3.70. The van der Waals surface area contributed by atoms with Gasteiger partial charge in [0, 0.05) is 25.3 Å². The van der Waals surface area contributed by atoms with Crippen molar-refractivity contribution in [3.63, 3.8) is 0 Å². The van der Waals surface area contributed by atoms with Gasteiger partial charge < -0.3 is 29.1 Å². The average Bonchev–Trinajstić information content (AvgIpc) is 2.78. The Morgan fingerprint density at radius 1 is 0.641 bits per heavy atom. The Morgan fingerprint density at radius 2 is 1.05 bits per heavy atom. The van der Waals surface area contributed by atoms with Gasteiger partial charge in [-0.1, -0.05) is 20.8 Å². The Bertz CT molecular complexity index is 699. The molecule has 0 aliphatic heterocycles. The second kappa shape index (κ2) is 17.7. The van der Waals surface area contributed by atoms with E-state index in [0.29, 0.717) is 51.6 Å². The predicted octanol–water partition coefficient (Wildman–Crippen LogP) is 6.90. The molecule has 0 bridgehead atoms. The Balaban J connectivity index is 4.25. The molecular weight excluding hydrogens is 494 g/mol. The molecule has 1 unspecified atom stereocenters. The maximum atomic E-state index is 12.1. The first kappa shape index (κ1) is 38.0. The van der Waals surface area contributed by atoms with E-state index in [1.165, 1.54) is 0 Å². The third-order valence-corrected chi connectivity index (χ3v) is 6.99. The van der Waals surface area contributed by atoms with Gasteiger partial charge in [0.05, 0.1) is 48.8 Å². The van der Waals surface area contributed by atoms with E-state index in [0.717, 1.165) is 32.2 Å². The number of ketones is 1. The van der Waals surface area contributed by atoms with Crippen LogP contribution in [0.2, 0.25) is 0 Å². The number of carbonyl (C=O) groups is 2. The molecule has 0 saturated heterocycles. The molecule has 0 aromatic rings. The fourth-order valence-electron chi connectivity index (χ4n) is 3.70. The minimum Gasteiger partial charge on any atom is -0.375 e. The summed E-state index contributed by atoms with van der Waals surface area (Å²) >= 11 is 0. The summed E-state index contributed by atoms with van der Waals surface area (Å²) in [5.74, 6) is 1.13. The summed E-state index contributed by atoms with van der Waals surface area (Å²) in [6.07, 6.45) is 4.99. The van der Waals surface area contributed by atoms with Gasteiger partial charge >= 0.3 is 0 Å². The van der Waals surface area contributed by atoms with E-state index in [9.17, 15) is 9.59 Å². The van der Waals surface area contributed by atoms with Gasteiger partial charge in [-0.25, -0.2) is 0 Å². The summed E-state index contributed by atoms with van der Waals surface area (Å²) in [7, 11) is 0. The van der Waals surface area contributed by atoms with Crippen molar-refractivity contribution in [2.45, 2.75) is 150 Å². The van der Waals surface area contributed by atoms with Crippen LogP contribution in [-0.4, -0.2) is 67.1 Å². The van der Waals surface area contributed by atoms with Gasteiger partial charge in [-0.15, -0.1) is 0 Å². The molecule has 1 N–H and O–H groups in total. The Kier molecular flexibility index (Phi) is 17.3. The Morgan fingerprint density at radius 3 is 1.46 bits per heavy atom. The highest BCUT2D eigenvalue weighted by Crippen LogP contribution is 2.23. The maximum Gasteiger partial charge on any atom is 0.220 e. The zero-order valence-electron chi connectivity index (χ0n) is 27.6. The molecule has 39 heavy (non-hydrogen) atoms. The zero-order chi connectivity index (χ0) is 30.3. The maximum absolute atomic E-state index is 12.1. The molecule has 0 radical (unpaired) electrons. The molecule has 0 saturated carbocycles. The first-order valence-corrected chi connectivity index (χ1v) is 15.1.